The number of hydrogen-bond acceptors (Lipinski definition) is 4. The van der Waals surface area contributed by atoms with E-state index in [0.29, 0.717) is 0 Å². The van der Waals surface area contributed by atoms with E-state index in [-0.39, 0.29) is 0 Å². The highest BCUT2D eigenvalue weighted by Crippen LogP contribution is 2.09. The second-order valence-electron chi connectivity index (χ2n) is 4.14. The van der Waals surface area contributed by atoms with Crippen LogP contribution in [0, 0.1) is 0 Å². The van der Waals surface area contributed by atoms with Gasteiger partial charge in [0.25, 0.3) is 0 Å². The topological polar surface area (TPSA) is 24.1 Å². The Morgan fingerprint density at radius 2 is 0.938 bits per heavy atom. The lowest BCUT2D eigenvalue weighted by Gasteiger charge is -2.08. The van der Waals surface area contributed by atoms with Crippen LogP contribution in [0.4, 0.5) is 0 Å². The number of rotatable bonds is 0. The first-order valence-corrected chi connectivity index (χ1v) is 8.88. The summed E-state index contributed by atoms with van der Waals surface area (Å²) >= 11 is 4.25. The lowest BCUT2D eigenvalue weighted by molar-refractivity contribution is 0.591. The molecule has 1 heterocycles. The predicted molar refractivity (Wildman–Crippen MR) is 78.9 cm³/mol. The van der Waals surface area contributed by atoms with Gasteiger partial charge in [0.05, 0.1) is 0 Å². The monoisotopic (exact) mass is 262 g/mol. The zero-order valence-electron chi connectivity index (χ0n) is 10.3. The van der Waals surface area contributed by atoms with Gasteiger partial charge in [-0.15, -0.1) is 0 Å². The van der Waals surface area contributed by atoms with Crippen LogP contribution >= 0.6 is 23.5 Å². The van der Waals surface area contributed by atoms with Gasteiger partial charge in [0.15, 0.2) is 0 Å². The molecule has 0 spiro atoms. The van der Waals surface area contributed by atoms with E-state index in [0.717, 1.165) is 0 Å². The molecule has 1 aliphatic heterocycles. The largest absolute Gasteiger partial charge is 0.317 e. The van der Waals surface area contributed by atoms with Crippen LogP contribution in [0.3, 0.4) is 0 Å². The Bertz CT molecular complexity index is 81.0. The smallest absolute Gasteiger partial charge is 0.00368 e. The molecule has 0 saturated carbocycles. The van der Waals surface area contributed by atoms with Crippen LogP contribution in [0.1, 0.15) is 25.7 Å². The molecular formula is C12H26N2S2. The standard InChI is InChI=1S/C12H26N2S2/c1-5-13-7-2-9-15-11-4-12-16-10-3-8-14-6-1/h13-14H,1-12H2. The molecule has 1 fully saturated rings. The van der Waals surface area contributed by atoms with Crippen LogP contribution in [0.2, 0.25) is 0 Å². The zero-order valence-corrected chi connectivity index (χ0v) is 11.9. The number of hydrogen-bond donors (Lipinski definition) is 2. The molecule has 1 rings (SSSR count). The van der Waals surface area contributed by atoms with Crippen molar-refractivity contribution in [2.45, 2.75) is 25.7 Å². The van der Waals surface area contributed by atoms with E-state index in [9.17, 15) is 0 Å². The minimum atomic E-state index is 1.17. The van der Waals surface area contributed by atoms with Gasteiger partial charge in [-0.3, -0.25) is 0 Å². The van der Waals surface area contributed by atoms with Crippen molar-refractivity contribution in [3.63, 3.8) is 0 Å². The third-order valence-electron chi connectivity index (χ3n) is 2.57. The summed E-state index contributed by atoms with van der Waals surface area (Å²) in [7, 11) is 0. The van der Waals surface area contributed by atoms with Crippen LogP contribution in [0.5, 0.6) is 0 Å². The van der Waals surface area contributed by atoms with Crippen molar-refractivity contribution in [3.8, 4) is 0 Å². The summed E-state index contributed by atoms with van der Waals surface area (Å²) in [5.41, 5.74) is 0. The molecule has 0 aromatic rings. The van der Waals surface area contributed by atoms with Crippen molar-refractivity contribution in [3.05, 3.63) is 0 Å². The van der Waals surface area contributed by atoms with E-state index in [1.165, 1.54) is 74.9 Å². The van der Waals surface area contributed by atoms with Crippen molar-refractivity contribution in [2.75, 3.05) is 49.2 Å². The summed E-state index contributed by atoms with van der Waals surface area (Å²) in [5, 5.41) is 7.02. The fourth-order valence-electron chi connectivity index (χ4n) is 1.65. The van der Waals surface area contributed by atoms with Crippen LogP contribution < -0.4 is 10.6 Å². The molecule has 4 heteroatoms. The molecule has 2 nitrogen and oxygen atoms in total. The molecule has 1 saturated heterocycles. The van der Waals surface area contributed by atoms with Gasteiger partial charge in [0, 0.05) is 0 Å². The van der Waals surface area contributed by atoms with Gasteiger partial charge in [-0.2, -0.15) is 23.5 Å². The van der Waals surface area contributed by atoms with Crippen LogP contribution in [-0.2, 0) is 0 Å². The first-order chi connectivity index (χ1) is 8.00. The van der Waals surface area contributed by atoms with Crippen molar-refractivity contribution in [2.24, 2.45) is 0 Å². The molecule has 2 N–H and O–H groups in total. The number of nitrogens with one attached hydrogen (secondary N) is 2. The van der Waals surface area contributed by atoms with Gasteiger partial charge in [-0.25, -0.2) is 0 Å². The third-order valence-corrected chi connectivity index (χ3v) is 4.88. The molecule has 0 unspecified atom stereocenters. The summed E-state index contributed by atoms with van der Waals surface area (Å²) in [6.07, 6.45) is 5.30. The Morgan fingerprint density at radius 1 is 0.500 bits per heavy atom. The lowest BCUT2D eigenvalue weighted by atomic mass is 10.4. The maximum atomic E-state index is 3.51. The molecule has 0 aromatic heterocycles. The average molecular weight is 262 g/mol. The quantitative estimate of drug-likeness (QED) is 0.699. The predicted octanol–water partition coefficient (Wildman–Crippen LogP) is 2.21. The summed E-state index contributed by atoms with van der Waals surface area (Å²) < 4.78 is 0. The average Bonchev–Trinajstić information content (AvgIpc) is 2.29. The minimum absolute atomic E-state index is 1.17. The maximum absolute atomic E-state index is 3.51. The van der Waals surface area contributed by atoms with Crippen molar-refractivity contribution in [1.82, 2.24) is 10.6 Å². The summed E-state index contributed by atoms with van der Waals surface area (Å²) in [5.74, 6) is 5.36. The van der Waals surface area contributed by atoms with Gasteiger partial charge < -0.3 is 10.6 Å². The van der Waals surface area contributed by atoms with E-state index in [1.807, 2.05) is 0 Å². The molecule has 96 valence electrons. The Balaban J connectivity index is 2.00. The van der Waals surface area contributed by atoms with E-state index in [2.05, 4.69) is 34.2 Å². The normalized spacial score (nSPS) is 24.0. The Morgan fingerprint density at radius 3 is 1.50 bits per heavy atom. The van der Waals surface area contributed by atoms with E-state index < -0.39 is 0 Å². The van der Waals surface area contributed by atoms with Crippen molar-refractivity contribution in [1.29, 1.82) is 0 Å². The van der Waals surface area contributed by atoms with Gasteiger partial charge in [-0.05, 0) is 74.9 Å². The lowest BCUT2D eigenvalue weighted by Crippen LogP contribution is -2.23. The zero-order chi connectivity index (χ0) is 11.3. The van der Waals surface area contributed by atoms with Gasteiger partial charge >= 0.3 is 0 Å². The minimum Gasteiger partial charge on any atom is -0.317 e. The highest BCUT2D eigenvalue weighted by molar-refractivity contribution is 8.00. The Labute approximate surface area is 109 Å². The molecule has 0 aromatic carbocycles. The molecule has 0 radical (unpaired) electrons. The van der Waals surface area contributed by atoms with Crippen LogP contribution in [0.25, 0.3) is 0 Å². The third kappa shape index (κ3) is 9.82. The van der Waals surface area contributed by atoms with Crippen molar-refractivity contribution < 1.29 is 0 Å². The van der Waals surface area contributed by atoms with Gasteiger partial charge in [0.2, 0.25) is 0 Å². The van der Waals surface area contributed by atoms with E-state index >= 15 is 0 Å². The molecule has 1 aliphatic rings. The fraction of sp³-hybridized carbons (Fsp3) is 1.00. The Kier molecular flexibility index (Phi) is 11.1. The second kappa shape index (κ2) is 12.1. The summed E-state index contributed by atoms with van der Waals surface area (Å²) in [6, 6.07) is 0. The highest BCUT2D eigenvalue weighted by Gasteiger charge is 1.95. The molecule has 0 atom stereocenters. The first-order valence-electron chi connectivity index (χ1n) is 6.57. The molecule has 0 bridgehead atoms. The first kappa shape index (κ1) is 14.7. The summed E-state index contributed by atoms with van der Waals surface area (Å²) in [6.45, 7) is 4.74. The fourth-order valence-corrected chi connectivity index (χ4v) is 3.64. The highest BCUT2D eigenvalue weighted by atomic mass is 32.2. The summed E-state index contributed by atoms with van der Waals surface area (Å²) in [4.78, 5) is 0. The Hall–Kier alpha value is 0.620. The van der Waals surface area contributed by atoms with Crippen LogP contribution in [0.15, 0.2) is 0 Å². The molecule has 0 aliphatic carbocycles. The van der Waals surface area contributed by atoms with Gasteiger partial charge in [0.1, 0.15) is 0 Å². The number of thioether (sulfide) groups is 2. The van der Waals surface area contributed by atoms with Crippen LogP contribution in [-0.4, -0.2) is 49.2 Å². The molecule has 16 heavy (non-hydrogen) atoms. The van der Waals surface area contributed by atoms with E-state index in [4.69, 9.17) is 0 Å². The second-order valence-corrected chi connectivity index (χ2v) is 6.59. The SMILES string of the molecule is C1CNCCCSCCCSCCCNC1. The molecule has 0 amide bonds. The van der Waals surface area contributed by atoms with E-state index in [1.54, 1.807) is 0 Å². The van der Waals surface area contributed by atoms with Crippen molar-refractivity contribution >= 4 is 23.5 Å². The molecular weight excluding hydrogens is 236 g/mol. The maximum Gasteiger partial charge on any atom is -0.00368 e. The van der Waals surface area contributed by atoms with Gasteiger partial charge in [-0.1, -0.05) is 0 Å².